The average molecular weight is 410 g/mol. The summed E-state index contributed by atoms with van der Waals surface area (Å²) in [4.78, 5) is 18.1. The third-order valence-corrected chi connectivity index (χ3v) is 5.84. The van der Waals surface area contributed by atoms with Gasteiger partial charge in [0, 0.05) is 45.4 Å². The first-order chi connectivity index (χ1) is 14.4. The van der Waals surface area contributed by atoms with Crippen LogP contribution in [0.5, 0.6) is 0 Å². The van der Waals surface area contributed by atoms with Gasteiger partial charge in [-0.15, -0.1) is 0 Å². The van der Waals surface area contributed by atoms with Crippen LogP contribution in [0, 0.1) is 0 Å². The second kappa shape index (κ2) is 9.98. The summed E-state index contributed by atoms with van der Waals surface area (Å²) in [7, 11) is 8.52. The quantitative estimate of drug-likeness (QED) is 0.616. The topological polar surface area (TPSA) is 40.0 Å². The first-order valence-electron chi connectivity index (χ1n) is 11.2. The van der Waals surface area contributed by atoms with Gasteiger partial charge in [-0.05, 0) is 48.3 Å². The molecule has 1 unspecified atom stereocenters. The highest BCUT2D eigenvalue weighted by Crippen LogP contribution is 2.39. The molecule has 1 atom stereocenters. The highest BCUT2D eigenvalue weighted by atomic mass is 16.1. The van der Waals surface area contributed by atoms with E-state index in [2.05, 4.69) is 92.7 Å². The Morgan fingerprint density at radius 1 is 1.23 bits per heavy atom. The molecule has 1 aliphatic carbocycles. The van der Waals surface area contributed by atoms with Crippen LogP contribution in [0.25, 0.3) is 6.08 Å². The van der Waals surface area contributed by atoms with Gasteiger partial charge in [0.05, 0.1) is 25.5 Å². The van der Waals surface area contributed by atoms with E-state index < -0.39 is 0 Å². The number of fused-ring (bicyclic) bond motifs is 2. The Morgan fingerprint density at radius 2 is 2.03 bits per heavy atom. The van der Waals surface area contributed by atoms with Crippen LogP contribution >= 0.6 is 0 Å². The zero-order valence-corrected chi connectivity index (χ0v) is 19.2. The molecule has 1 aliphatic heterocycles. The van der Waals surface area contributed by atoms with Gasteiger partial charge in [-0.1, -0.05) is 25.5 Å². The molecule has 2 N–H and O–H groups in total. The molecule has 3 rings (SSSR count). The lowest BCUT2D eigenvalue weighted by molar-refractivity contribution is -0.871. The van der Waals surface area contributed by atoms with E-state index in [9.17, 15) is 4.79 Å². The van der Waals surface area contributed by atoms with E-state index in [1.807, 2.05) is 0 Å². The van der Waals surface area contributed by atoms with E-state index in [1.54, 1.807) is 0 Å². The van der Waals surface area contributed by atoms with Crippen LogP contribution in [0.4, 0.5) is 11.4 Å². The van der Waals surface area contributed by atoms with Gasteiger partial charge in [0.1, 0.15) is 6.04 Å². The van der Waals surface area contributed by atoms with E-state index >= 15 is 0 Å². The van der Waals surface area contributed by atoms with E-state index in [-0.39, 0.29) is 5.91 Å². The standard InChI is InChI=1S/C25H36N4O/c1-6-7-14-26-25(30)9-8-15-29-23-17-21(27(2)3)12-10-19(23)16-20-11-13-22(28(4)5)18-24(20)29/h10-13,16-18,21H,6-9,14-15H2,1-5H3,(H,26,30)/p+1. The largest absolute Gasteiger partial charge is 0.378 e. The van der Waals surface area contributed by atoms with Crippen molar-refractivity contribution < 1.29 is 9.69 Å². The number of amides is 1. The van der Waals surface area contributed by atoms with Crippen LogP contribution in [-0.4, -0.2) is 53.2 Å². The number of nitrogens with zero attached hydrogens (tertiary/aromatic N) is 2. The molecule has 0 saturated heterocycles. The van der Waals surface area contributed by atoms with Gasteiger partial charge in [0.15, 0.2) is 0 Å². The van der Waals surface area contributed by atoms with Crippen molar-refractivity contribution in [1.29, 1.82) is 0 Å². The molecule has 5 nitrogen and oxygen atoms in total. The fraction of sp³-hybridized carbons (Fsp3) is 0.480. The number of carbonyl (C=O) groups excluding carboxylic acids is 1. The van der Waals surface area contributed by atoms with Gasteiger partial charge in [0.25, 0.3) is 0 Å². The van der Waals surface area contributed by atoms with E-state index in [0.717, 1.165) is 32.4 Å². The van der Waals surface area contributed by atoms with Crippen LogP contribution in [0.2, 0.25) is 0 Å². The Hall–Kier alpha value is -2.53. The minimum atomic E-state index is 0.159. The summed E-state index contributed by atoms with van der Waals surface area (Å²) in [6, 6.07) is 7.00. The lowest BCUT2D eigenvalue weighted by Crippen LogP contribution is -3.09. The van der Waals surface area contributed by atoms with Crippen molar-refractivity contribution in [1.82, 2.24) is 5.32 Å². The summed E-state index contributed by atoms with van der Waals surface area (Å²) in [6.45, 7) is 3.75. The van der Waals surface area contributed by atoms with Gasteiger partial charge in [-0.3, -0.25) is 4.79 Å². The van der Waals surface area contributed by atoms with Crippen LogP contribution in [-0.2, 0) is 4.79 Å². The minimum Gasteiger partial charge on any atom is -0.378 e. The molecule has 0 bridgehead atoms. The molecule has 30 heavy (non-hydrogen) atoms. The van der Waals surface area contributed by atoms with Crippen molar-refractivity contribution in [2.24, 2.45) is 0 Å². The minimum absolute atomic E-state index is 0.159. The number of anilines is 2. The molecule has 1 aromatic rings. The Kier molecular flexibility index (Phi) is 7.38. The van der Waals surface area contributed by atoms with Crippen molar-refractivity contribution in [2.45, 2.75) is 38.6 Å². The Bertz CT molecular complexity index is 851. The second-order valence-corrected chi connectivity index (χ2v) is 8.71. The first kappa shape index (κ1) is 22.2. The number of hydrogen-bond donors (Lipinski definition) is 2. The number of quaternary nitrogens is 1. The predicted octanol–water partition coefficient (Wildman–Crippen LogP) is 2.62. The summed E-state index contributed by atoms with van der Waals surface area (Å²) < 4.78 is 0. The fourth-order valence-corrected chi connectivity index (χ4v) is 3.94. The highest BCUT2D eigenvalue weighted by molar-refractivity contribution is 5.84. The van der Waals surface area contributed by atoms with Crippen LogP contribution in [0.1, 0.15) is 38.2 Å². The number of rotatable bonds is 9. The second-order valence-electron chi connectivity index (χ2n) is 8.71. The number of unbranched alkanes of at least 4 members (excludes halogenated alkanes) is 1. The number of allylic oxidation sites excluding steroid dienone is 1. The molecule has 0 saturated carbocycles. The van der Waals surface area contributed by atoms with Gasteiger partial charge < -0.3 is 20.0 Å². The molecule has 162 valence electrons. The van der Waals surface area contributed by atoms with E-state index in [0.29, 0.717) is 12.5 Å². The van der Waals surface area contributed by atoms with Crippen molar-refractivity contribution in [3.05, 3.63) is 53.3 Å². The lowest BCUT2D eigenvalue weighted by atomic mass is 9.93. The SMILES string of the molecule is CCCCNC(=O)CCCN1C2=CC([NH+](C)C)C=CC2=Cc2ccc(N(C)C)cc21. The number of carbonyl (C=O) groups is 1. The molecule has 5 heteroatoms. The maximum Gasteiger partial charge on any atom is 0.220 e. The fourth-order valence-electron chi connectivity index (χ4n) is 3.94. The van der Waals surface area contributed by atoms with Crippen LogP contribution < -0.4 is 20.0 Å². The van der Waals surface area contributed by atoms with Gasteiger partial charge in [0.2, 0.25) is 5.91 Å². The van der Waals surface area contributed by atoms with Gasteiger partial charge >= 0.3 is 0 Å². The summed E-state index contributed by atoms with van der Waals surface area (Å²) in [5, 5.41) is 3.04. The Morgan fingerprint density at radius 3 is 2.73 bits per heavy atom. The van der Waals surface area contributed by atoms with Crippen molar-refractivity contribution in [3.8, 4) is 0 Å². The van der Waals surface area contributed by atoms with Crippen molar-refractivity contribution >= 4 is 23.4 Å². The molecule has 0 spiro atoms. The van der Waals surface area contributed by atoms with E-state index in [4.69, 9.17) is 0 Å². The van der Waals surface area contributed by atoms with Crippen LogP contribution in [0.3, 0.4) is 0 Å². The van der Waals surface area contributed by atoms with Gasteiger partial charge in [-0.25, -0.2) is 0 Å². The zero-order chi connectivity index (χ0) is 21.7. The smallest absolute Gasteiger partial charge is 0.220 e. The average Bonchev–Trinajstić information content (AvgIpc) is 2.72. The highest BCUT2D eigenvalue weighted by Gasteiger charge is 2.27. The van der Waals surface area contributed by atoms with Crippen LogP contribution in [0.15, 0.2) is 47.7 Å². The molecule has 0 fully saturated rings. The van der Waals surface area contributed by atoms with E-state index in [1.165, 1.54) is 33.1 Å². The third-order valence-electron chi connectivity index (χ3n) is 5.84. The summed E-state index contributed by atoms with van der Waals surface area (Å²) in [6.07, 6.45) is 12.7. The van der Waals surface area contributed by atoms with Crippen molar-refractivity contribution in [3.63, 3.8) is 0 Å². The monoisotopic (exact) mass is 409 g/mol. The summed E-state index contributed by atoms with van der Waals surface area (Å²) in [5.74, 6) is 0.159. The summed E-state index contributed by atoms with van der Waals surface area (Å²) in [5.41, 5.74) is 6.17. The van der Waals surface area contributed by atoms with Gasteiger partial charge in [-0.2, -0.15) is 0 Å². The Balaban J connectivity index is 1.83. The number of nitrogens with one attached hydrogen (secondary N) is 2. The van der Waals surface area contributed by atoms with Crippen molar-refractivity contribution in [2.75, 3.05) is 51.1 Å². The predicted molar refractivity (Wildman–Crippen MR) is 127 cm³/mol. The maximum absolute atomic E-state index is 12.2. The molecule has 0 radical (unpaired) electrons. The zero-order valence-electron chi connectivity index (χ0n) is 19.2. The maximum atomic E-state index is 12.2. The molecule has 0 aromatic heterocycles. The molecule has 1 amide bonds. The summed E-state index contributed by atoms with van der Waals surface area (Å²) >= 11 is 0. The molecular formula is C25H37N4O+. The molecule has 1 aromatic carbocycles. The molecule has 1 heterocycles. The lowest BCUT2D eigenvalue weighted by Gasteiger charge is -2.36. The Labute approximate surface area is 181 Å². The first-order valence-corrected chi connectivity index (χ1v) is 11.2. The number of hydrogen-bond acceptors (Lipinski definition) is 3. The molecule has 2 aliphatic rings. The third kappa shape index (κ3) is 5.14. The normalized spacial score (nSPS) is 17.3. The number of benzene rings is 1. The molecular weight excluding hydrogens is 372 g/mol. The number of likely N-dealkylation sites (N-methyl/N-ethyl adjacent to an activating group) is 1.